The van der Waals surface area contributed by atoms with Crippen LogP contribution in [-0.4, -0.2) is 36.6 Å². The molecule has 0 radical (unpaired) electrons. The zero-order valence-corrected chi connectivity index (χ0v) is 7.04. The lowest BCUT2D eigenvalue weighted by Crippen LogP contribution is -2.36. The summed E-state index contributed by atoms with van der Waals surface area (Å²) in [6.07, 6.45) is 0.326. The molecule has 0 aliphatic carbocycles. The van der Waals surface area contributed by atoms with Gasteiger partial charge in [0.05, 0.1) is 12.6 Å². The Hall–Kier alpha value is -1.61. The first-order valence-electron chi connectivity index (χ1n) is 3.73. The van der Waals surface area contributed by atoms with Crippen molar-refractivity contribution in [1.82, 2.24) is 10.6 Å². The molecule has 0 saturated heterocycles. The van der Waals surface area contributed by atoms with Gasteiger partial charge in [-0.25, -0.2) is 0 Å². The van der Waals surface area contributed by atoms with E-state index in [0.717, 1.165) is 0 Å². The van der Waals surface area contributed by atoms with E-state index in [0.29, 0.717) is 13.0 Å². The number of nitrogens with one attached hydrogen (secondary N) is 2. The molecule has 0 atom stereocenters. The maximum Gasteiger partial charge on any atom is 0.322 e. The number of nitrogens with zero attached hydrogens (tertiary/aromatic N) is 1. The SMILES string of the molecule is N#CCCNCC(=O)NCC(=O)O. The molecule has 6 nitrogen and oxygen atoms in total. The minimum atomic E-state index is -1.08. The Labute approximate surface area is 75.5 Å². The van der Waals surface area contributed by atoms with E-state index in [1.807, 2.05) is 6.07 Å². The van der Waals surface area contributed by atoms with Crippen molar-refractivity contribution in [2.24, 2.45) is 0 Å². The normalized spacial score (nSPS) is 8.85. The maximum atomic E-state index is 10.8. The van der Waals surface area contributed by atoms with Crippen LogP contribution in [0.15, 0.2) is 0 Å². The molecular weight excluding hydrogens is 174 g/mol. The summed E-state index contributed by atoms with van der Waals surface area (Å²) in [6, 6.07) is 1.90. The number of hydrogen-bond donors (Lipinski definition) is 3. The molecule has 0 spiro atoms. The van der Waals surface area contributed by atoms with Gasteiger partial charge in [0, 0.05) is 13.0 Å². The smallest absolute Gasteiger partial charge is 0.322 e. The molecule has 0 saturated carbocycles. The van der Waals surface area contributed by atoms with E-state index in [-0.39, 0.29) is 19.0 Å². The van der Waals surface area contributed by atoms with Gasteiger partial charge < -0.3 is 15.7 Å². The summed E-state index contributed by atoms with van der Waals surface area (Å²) in [5, 5.41) is 21.2. The largest absolute Gasteiger partial charge is 0.480 e. The van der Waals surface area contributed by atoms with E-state index in [4.69, 9.17) is 10.4 Å². The number of amides is 1. The average molecular weight is 185 g/mol. The molecule has 0 rings (SSSR count). The summed E-state index contributed by atoms with van der Waals surface area (Å²) in [7, 11) is 0. The number of rotatable bonds is 6. The van der Waals surface area contributed by atoms with Crippen LogP contribution in [0.2, 0.25) is 0 Å². The molecule has 3 N–H and O–H groups in total. The summed E-state index contributed by atoms with van der Waals surface area (Å²) in [4.78, 5) is 20.8. The summed E-state index contributed by atoms with van der Waals surface area (Å²) in [5.41, 5.74) is 0. The molecule has 0 fully saturated rings. The first kappa shape index (κ1) is 11.4. The van der Waals surface area contributed by atoms with E-state index in [9.17, 15) is 9.59 Å². The topological polar surface area (TPSA) is 102 Å². The van der Waals surface area contributed by atoms with Gasteiger partial charge in [-0.1, -0.05) is 0 Å². The van der Waals surface area contributed by atoms with E-state index >= 15 is 0 Å². The highest BCUT2D eigenvalue weighted by molar-refractivity contribution is 5.82. The molecule has 0 aromatic rings. The molecule has 0 aliphatic rings. The number of carbonyl (C=O) groups is 2. The van der Waals surface area contributed by atoms with Crippen molar-refractivity contribution < 1.29 is 14.7 Å². The van der Waals surface area contributed by atoms with Gasteiger partial charge in [-0.05, 0) is 0 Å². The standard InChI is InChI=1S/C7H11N3O3/c8-2-1-3-9-4-6(11)10-5-7(12)13/h9H,1,3-5H2,(H,10,11)(H,12,13). The highest BCUT2D eigenvalue weighted by Gasteiger charge is 2.01. The first-order chi connectivity index (χ1) is 6.16. The number of nitriles is 1. The van der Waals surface area contributed by atoms with Crippen molar-refractivity contribution in [3.8, 4) is 6.07 Å². The maximum absolute atomic E-state index is 10.8. The van der Waals surface area contributed by atoms with Crippen LogP contribution in [0, 0.1) is 11.3 Å². The molecule has 0 heterocycles. The second-order valence-electron chi connectivity index (χ2n) is 2.26. The third-order valence-corrected chi connectivity index (χ3v) is 1.14. The van der Waals surface area contributed by atoms with Crippen LogP contribution >= 0.6 is 0 Å². The van der Waals surface area contributed by atoms with Crippen LogP contribution < -0.4 is 10.6 Å². The first-order valence-corrected chi connectivity index (χ1v) is 3.73. The van der Waals surface area contributed by atoms with Crippen LogP contribution in [0.5, 0.6) is 0 Å². The summed E-state index contributed by atoms with van der Waals surface area (Å²) in [5.74, 6) is -1.47. The van der Waals surface area contributed by atoms with Gasteiger partial charge in [-0.15, -0.1) is 0 Å². The predicted molar refractivity (Wildman–Crippen MR) is 43.7 cm³/mol. The lowest BCUT2D eigenvalue weighted by Gasteiger charge is -2.02. The van der Waals surface area contributed by atoms with Gasteiger partial charge >= 0.3 is 5.97 Å². The number of hydrogen-bond acceptors (Lipinski definition) is 4. The van der Waals surface area contributed by atoms with Crippen LogP contribution in [0.4, 0.5) is 0 Å². The van der Waals surface area contributed by atoms with Gasteiger partial charge in [0.15, 0.2) is 0 Å². The zero-order valence-electron chi connectivity index (χ0n) is 7.04. The van der Waals surface area contributed by atoms with Crippen molar-refractivity contribution in [2.75, 3.05) is 19.6 Å². The van der Waals surface area contributed by atoms with E-state index in [1.165, 1.54) is 0 Å². The lowest BCUT2D eigenvalue weighted by molar-refractivity contribution is -0.137. The van der Waals surface area contributed by atoms with Crippen LogP contribution in [0.25, 0.3) is 0 Å². The molecule has 0 aliphatic heterocycles. The zero-order chi connectivity index (χ0) is 10.1. The van der Waals surface area contributed by atoms with Gasteiger partial charge in [0.2, 0.25) is 5.91 Å². The highest BCUT2D eigenvalue weighted by Crippen LogP contribution is 1.70. The molecule has 0 unspecified atom stereocenters. The summed E-state index contributed by atoms with van der Waals surface area (Å²) >= 11 is 0. The Balaban J connectivity index is 3.31. The minimum absolute atomic E-state index is 0.0367. The molecule has 0 aromatic carbocycles. The molecule has 72 valence electrons. The number of carboxylic acid groups (broad SMARTS) is 1. The van der Waals surface area contributed by atoms with Gasteiger partial charge in [0.1, 0.15) is 6.54 Å². The number of carbonyl (C=O) groups excluding carboxylic acids is 1. The summed E-state index contributed by atoms with van der Waals surface area (Å²) in [6.45, 7) is 0.0880. The second kappa shape index (κ2) is 7.06. The lowest BCUT2D eigenvalue weighted by atomic mass is 10.4. The van der Waals surface area contributed by atoms with E-state index in [1.54, 1.807) is 0 Å². The van der Waals surface area contributed by atoms with Crippen molar-refractivity contribution in [1.29, 1.82) is 5.26 Å². The Morgan fingerprint density at radius 3 is 2.62 bits per heavy atom. The number of carboxylic acids is 1. The summed E-state index contributed by atoms with van der Waals surface area (Å²) < 4.78 is 0. The Kier molecular flexibility index (Phi) is 6.19. The second-order valence-corrected chi connectivity index (χ2v) is 2.26. The fraction of sp³-hybridized carbons (Fsp3) is 0.571. The van der Waals surface area contributed by atoms with Crippen molar-refractivity contribution in [3.05, 3.63) is 0 Å². The van der Waals surface area contributed by atoms with Crippen LogP contribution in [-0.2, 0) is 9.59 Å². The van der Waals surface area contributed by atoms with Gasteiger partial charge in [-0.2, -0.15) is 5.26 Å². The minimum Gasteiger partial charge on any atom is -0.480 e. The number of aliphatic carboxylic acids is 1. The average Bonchev–Trinajstić information content (AvgIpc) is 2.09. The van der Waals surface area contributed by atoms with E-state index < -0.39 is 5.97 Å². The highest BCUT2D eigenvalue weighted by atomic mass is 16.4. The fourth-order valence-electron chi connectivity index (χ4n) is 0.583. The van der Waals surface area contributed by atoms with E-state index in [2.05, 4.69) is 10.6 Å². The molecule has 6 heteroatoms. The third kappa shape index (κ3) is 8.29. The molecule has 1 amide bonds. The van der Waals surface area contributed by atoms with Crippen LogP contribution in [0.3, 0.4) is 0 Å². The quantitative estimate of drug-likeness (QED) is 0.446. The fourth-order valence-corrected chi connectivity index (χ4v) is 0.583. The molecule has 13 heavy (non-hydrogen) atoms. The molecule has 0 bridgehead atoms. The predicted octanol–water partition coefficient (Wildman–Crippen LogP) is -1.31. The van der Waals surface area contributed by atoms with Gasteiger partial charge in [-0.3, -0.25) is 9.59 Å². The van der Waals surface area contributed by atoms with Crippen molar-refractivity contribution >= 4 is 11.9 Å². The van der Waals surface area contributed by atoms with Crippen LogP contribution in [0.1, 0.15) is 6.42 Å². The third-order valence-electron chi connectivity index (χ3n) is 1.14. The Morgan fingerprint density at radius 2 is 2.08 bits per heavy atom. The van der Waals surface area contributed by atoms with Crippen molar-refractivity contribution in [3.63, 3.8) is 0 Å². The van der Waals surface area contributed by atoms with Crippen molar-refractivity contribution in [2.45, 2.75) is 6.42 Å². The molecular formula is C7H11N3O3. The monoisotopic (exact) mass is 185 g/mol. The Morgan fingerprint density at radius 1 is 1.38 bits per heavy atom. The van der Waals surface area contributed by atoms with Gasteiger partial charge in [0.25, 0.3) is 0 Å². The molecule has 0 aromatic heterocycles. The Bertz CT molecular complexity index is 222.